The Morgan fingerprint density at radius 3 is 2.46 bits per heavy atom. The van der Waals surface area contributed by atoms with E-state index in [2.05, 4.69) is 4.98 Å². The molecule has 0 unspecified atom stereocenters. The molecule has 0 atom stereocenters. The first-order valence-electron chi connectivity index (χ1n) is 2.88. The van der Waals surface area contributed by atoms with E-state index in [4.69, 9.17) is 26.8 Å². The van der Waals surface area contributed by atoms with E-state index >= 15 is 0 Å². The Balaban J connectivity index is 0. The molecule has 66 valence electrons. The van der Waals surface area contributed by atoms with Gasteiger partial charge in [0.05, 0.1) is 6.20 Å². The van der Waals surface area contributed by atoms with Crippen LogP contribution in [0.5, 0.6) is 5.75 Å². The first kappa shape index (κ1) is 15.1. The van der Waals surface area contributed by atoms with Crippen molar-refractivity contribution in [3.8, 4) is 5.75 Å². The standard InChI is InChI=1S/C6H6ClNO.HNO2.Na/c1-4-2-6(7)8-3-5(4)9;2-1-3;/h2-3,9H,1H3;(H,2,3);/q;;+1/p-1. The third-order valence-corrected chi connectivity index (χ3v) is 1.26. The van der Waals surface area contributed by atoms with Gasteiger partial charge in [-0.05, 0) is 18.6 Å². The van der Waals surface area contributed by atoms with Crippen LogP contribution in [0.4, 0.5) is 0 Å². The molecular weight excluding hydrogens is 207 g/mol. The second kappa shape index (κ2) is 8.25. The largest absolute Gasteiger partial charge is 1.00 e. The Morgan fingerprint density at radius 2 is 2.15 bits per heavy atom. The maximum Gasteiger partial charge on any atom is 1.00 e. The minimum atomic E-state index is 0. The number of aromatic nitrogens is 1. The summed E-state index contributed by atoms with van der Waals surface area (Å²) >= 11 is 5.49. The molecule has 0 aliphatic heterocycles. The van der Waals surface area contributed by atoms with Gasteiger partial charge in [0.1, 0.15) is 10.9 Å². The molecule has 0 fully saturated rings. The fourth-order valence-corrected chi connectivity index (χ4v) is 0.727. The van der Waals surface area contributed by atoms with Gasteiger partial charge in [0.25, 0.3) is 0 Å². The van der Waals surface area contributed by atoms with Gasteiger partial charge in [-0.3, -0.25) is 0 Å². The molecule has 5 nitrogen and oxygen atoms in total. The van der Waals surface area contributed by atoms with Crippen LogP contribution < -0.4 is 29.6 Å². The van der Waals surface area contributed by atoms with Crippen molar-refractivity contribution in [1.82, 2.24) is 4.98 Å². The molecule has 1 aromatic rings. The fourth-order valence-electron chi connectivity index (χ4n) is 0.514. The molecule has 0 aromatic carbocycles. The Bertz CT molecular complexity index is 272. The Morgan fingerprint density at radius 1 is 1.69 bits per heavy atom. The van der Waals surface area contributed by atoms with Crippen molar-refractivity contribution in [2.45, 2.75) is 6.92 Å². The van der Waals surface area contributed by atoms with Crippen LogP contribution in [0.15, 0.2) is 17.6 Å². The van der Waals surface area contributed by atoms with E-state index in [0.717, 1.165) is 10.9 Å². The topological polar surface area (TPSA) is 85.6 Å². The molecule has 13 heavy (non-hydrogen) atoms. The average Bonchev–Trinajstić information content (AvgIpc) is 1.99. The van der Waals surface area contributed by atoms with Crippen molar-refractivity contribution in [2.24, 2.45) is 5.34 Å². The van der Waals surface area contributed by atoms with Crippen LogP contribution in [0.2, 0.25) is 5.15 Å². The predicted octanol–water partition coefficient (Wildman–Crippen LogP) is -0.996. The number of aryl methyl sites for hydroxylation is 1. The minimum Gasteiger partial charge on any atom is -0.506 e. The molecule has 0 aliphatic rings. The van der Waals surface area contributed by atoms with Gasteiger partial charge in [-0.2, -0.15) is 0 Å². The van der Waals surface area contributed by atoms with E-state index in [1.807, 2.05) is 0 Å². The zero-order valence-corrected chi connectivity index (χ0v) is 9.95. The van der Waals surface area contributed by atoms with Gasteiger partial charge >= 0.3 is 29.6 Å². The van der Waals surface area contributed by atoms with Crippen molar-refractivity contribution in [3.63, 3.8) is 0 Å². The number of pyridine rings is 1. The third kappa shape index (κ3) is 6.77. The monoisotopic (exact) mass is 212 g/mol. The van der Waals surface area contributed by atoms with Gasteiger partial charge in [-0.15, -0.1) is 5.34 Å². The number of hydrogen-bond acceptors (Lipinski definition) is 5. The third-order valence-electron chi connectivity index (χ3n) is 1.05. The number of nitrogens with zero attached hydrogens (tertiary/aromatic N) is 2. The van der Waals surface area contributed by atoms with Crippen molar-refractivity contribution in [1.29, 1.82) is 0 Å². The van der Waals surface area contributed by atoms with Crippen molar-refractivity contribution >= 4 is 11.6 Å². The van der Waals surface area contributed by atoms with Crippen LogP contribution in [0.1, 0.15) is 5.56 Å². The van der Waals surface area contributed by atoms with E-state index in [-0.39, 0.29) is 35.3 Å². The maximum absolute atomic E-state index is 8.92. The smallest absolute Gasteiger partial charge is 0.506 e. The maximum atomic E-state index is 8.92. The summed E-state index contributed by atoms with van der Waals surface area (Å²) in [5.74, 6) is 0.180. The predicted molar refractivity (Wildman–Crippen MR) is 44.8 cm³/mol. The summed E-state index contributed by atoms with van der Waals surface area (Å²) < 4.78 is 0. The zero-order chi connectivity index (χ0) is 9.56. The molecule has 1 heterocycles. The Hall–Kier alpha value is -0.360. The second-order valence-electron chi connectivity index (χ2n) is 1.87. The van der Waals surface area contributed by atoms with Crippen LogP contribution in [0.25, 0.3) is 0 Å². The summed E-state index contributed by atoms with van der Waals surface area (Å²) in [5, 5.41) is 18.3. The molecule has 0 saturated carbocycles. The Kier molecular flexibility index (Phi) is 9.60. The molecule has 0 spiro atoms. The van der Waals surface area contributed by atoms with Gasteiger partial charge < -0.3 is 15.2 Å². The van der Waals surface area contributed by atoms with Gasteiger partial charge in [0.15, 0.2) is 0 Å². The van der Waals surface area contributed by atoms with Crippen molar-refractivity contribution in [3.05, 3.63) is 33.1 Å². The van der Waals surface area contributed by atoms with E-state index in [1.54, 1.807) is 13.0 Å². The van der Waals surface area contributed by atoms with Gasteiger partial charge in [-0.25, -0.2) is 4.98 Å². The van der Waals surface area contributed by atoms with E-state index < -0.39 is 0 Å². The number of halogens is 1. The summed E-state index contributed by atoms with van der Waals surface area (Å²) in [5.41, 5.74) is 0.745. The summed E-state index contributed by atoms with van der Waals surface area (Å²) in [6.07, 6.45) is 1.33. The normalized spacial score (nSPS) is 7.54. The number of hydrogen-bond donors (Lipinski definition) is 1. The molecule has 1 rings (SSSR count). The SMILES string of the molecule is Cc1cc(Cl)ncc1O.O=N[O-].[Na+]. The molecule has 0 bridgehead atoms. The van der Waals surface area contributed by atoms with Gasteiger partial charge in [0.2, 0.25) is 0 Å². The molecule has 1 N–H and O–H groups in total. The van der Waals surface area contributed by atoms with E-state index in [0.29, 0.717) is 5.15 Å². The van der Waals surface area contributed by atoms with Crippen LogP contribution in [-0.2, 0) is 0 Å². The van der Waals surface area contributed by atoms with Crippen LogP contribution >= 0.6 is 11.6 Å². The van der Waals surface area contributed by atoms with Crippen molar-refractivity contribution in [2.75, 3.05) is 0 Å². The van der Waals surface area contributed by atoms with Crippen LogP contribution in [0, 0.1) is 17.0 Å². The summed E-state index contributed by atoms with van der Waals surface area (Å²) in [7, 11) is 0. The van der Waals surface area contributed by atoms with E-state index in [1.165, 1.54) is 6.20 Å². The van der Waals surface area contributed by atoms with Gasteiger partial charge in [-0.1, -0.05) is 11.6 Å². The summed E-state index contributed by atoms with van der Waals surface area (Å²) in [4.78, 5) is 11.7. The average molecular weight is 213 g/mol. The molecule has 0 radical (unpaired) electrons. The Labute approximate surface area is 102 Å². The first-order valence-corrected chi connectivity index (χ1v) is 3.25. The number of rotatable bonds is 0. The first-order chi connectivity index (χ1) is 5.61. The molecule has 0 amide bonds. The fraction of sp³-hybridized carbons (Fsp3) is 0.167. The molecule has 7 heteroatoms. The summed E-state index contributed by atoms with van der Waals surface area (Å²) in [6, 6.07) is 1.61. The molecule has 0 aliphatic carbocycles. The number of aromatic hydroxyl groups is 1. The van der Waals surface area contributed by atoms with Crippen LogP contribution in [-0.4, -0.2) is 10.1 Å². The van der Waals surface area contributed by atoms with Crippen LogP contribution in [0.3, 0.4) is 0 Å². The van der Waals surface area contributed by atoms with E-state index in [9.17, 15) is 0 Å². The summed E-state index contributed by atoms with van der Waals surface area (Å²) in [6.45, 7) is 1.77. The quantitative estimate of drug-likeness (QED) is 0.259. The minimum absolute atomic E-state index is 0. The molecule has 1 aromatic heterocycles. The van der Waals surface area contributed by atoms with Gasteiger partial charge in [0, 0.05) is 0 Å². The zero-order valence-electron chi connectivity index (χ0n) is 7.19. The second-order valence-corrected chi connectivity index (χ2v) is 2.26. The molecular formula is C6H6ClN2NaO3. The van der Waals surface area contributed by atoms with Crippen molar-refractivity contribution < 1.29 is 34.7 Å². The molecule has 0 saturated heterocycles.